The molecule has 1 aromatic carbocycles. The third kappa shape index (κ3) is 4.38. The van der Waals surface area contributed by atoms with Crippen molar-refractivity contribution in [3.8, 4) is 0 Å². The first-order chi connectivity index (χ1) is 13.3. The van der Waals surface area contributed by atoms with Gasteiger partial charge in [0.25, 0.3) is 0 Å². The average Bonchev–Trinajstić information content (AvgIpc) is 2.75. The summed E-state index contributed by atoms with van der Waals surface area (Å²) in [5, 5.41) is 8.64. The summed E-state index contributed by atoms with van der Waals surface area (Å²) in [4.78, 5) is 12.1. The molecule has 3 heterocycles. The number of benzene rings is 1. The molecule has 2 aliphatic rings. The monoisotopic (exact) mass is 366 g/mol. The lowest BCUT2D eigenvalue weighted by molar-refractivity contribution is 0.249. The van der Waals surface area contributed by atoms with Gasteiger partial charge in [-0.15, -0.1) is 5.10 Å². The van der Waals surface area contributed by atoms with Gasteiger partial charge >= 0.3 is 0 Å². The maximum atomic E-state index is 4.89. The summed E-state index contributed by atoms with van der Waals surface area (Å²) >= 11 is 0. The van der Waals surface area contributed by atoms with Crippen LogP contribution >= 0.6 is 0 Å². The van der Waals surface area contributed by atoms with E-state index in [-0.39, 0.29) is 0 Å². The Hall–Kier alpha value is -2.21. The minimum Gasteiger partial charge on any atom is -0.353 e. The Morgan fingerprint density at radius 1 is 1.00 bits per heavy atom. The van der Waals surface area contributed by atoms with Gasteiger partial charge in [0.05, 0.1) is 6.20 Å². The second kappa shape index (κ2) is 8.65. The normalized spacial score (nSPS) is 21.4. The van der Waals surface area contributed by atoms with Gasteiger partial charge in [-0.2, -0.15) is 10.1 Å². The van der Waals surface area contributed by atoms with Crippen LogP contribution < -0.4 is 9.80 Å². The first-order valence-corrected chi connectivity index (χ1v) is 10.3. The van der Waals surface area contributed by atoms with Crippen molar-refractivity contribution >= 4 is 11.8 Å². The van der Waals surface area contributed by atoms with E-state index >= 15 is 0 Å². The van der Waals surface area contributed by atoms with Crippen LogP contribution in [0.25, 0.3) is 0 Å². The van der Waals surface area contributed by atoms with E-state index in [0.717, 1.165) is 57.5 Å². The van der Waals surface area contributed by atoms with Gasteiger partial charge in [0.15, 0.2) is 5.82 Å². The Morgan fingerprint density at radius 3 is 2.59 bits per heavy atom. The fourth-order valence-electron chi connectivity index (χ4n) is 4.22. The zero-order valence-corrected chi connectivity index (χ0v) is 16.3. The van der Waals surface area contributed by atoms with Gasteiger partial charge in [0.2, 0.25) is 5.95 Å². The predicted molar refractivity (Wildman–Crippen MR) is 109 cm³/mol. The van der Waals surface area contributed by atoms with Crippen molar-refractivity contribution in [1.29, 1.82) is 0 Å². The van der Waals surface area contributed by atoms with Crippen LogP contribution in [0, 0.1) is 0 Å². The summed E-state index contributed by atoms with van der Waals surface area (Å²) < 4.78 is 0. The molecule has 0 saturated carbocycles. The maximum absolute atomic E-state index is 4.89. The van der Waals surface area contributed by atoms with E-state index < -0.39 is 0 Å². The topological polar surface area (TPSA) is 48.4 Å². The van der Waals surface area contributed by atoms with E-state index in [1.807, 2.05) is 6.20 Å². The highest BCUT2D eigenvalue weighted by atomic mass is 15.4. The molecular weight excluding hydrogens is 336 g/mol. The number of piperidine rings is 1. The second-order valence-corrected chi connectivity index (χ2v) is 7.61. The Kier molecular flexibility index (Phi) is 5.82. The molecule has 144 valence electrons. The summed E-state index contributed by atoms with van der Waals surface area (Å²) in [5.41, 5.74) is 1.38. The van der Waals surface area contributed by atoms with Gasteiger partial charge in [-0.3, -0.25) is 4.90 Å². The molecule has 0 N–H and O–H groups in total. The lowest BCUT2D eigenvalue weighted by Crippen LogP contribution is -2.46. The number of rotatable bonds is 5. The van der Waals surface area contributed by atoms with Crippen molar-refractivity contribution in [2.45, 2.75) is 45.2 Å². The van der Waals surface area contributed by atoms with E-state index in [1.165, 1.54) is 24.8 Å². The van der Waals surface area contributed by atoms with Crippen LogP contribution in [0.5, 0.6) is 0 Å². The molecule has 2 saturated heterocycles. The van der Waals surface area contributed by atoms with Crippen molar-refractivity contribution in [3.05, 3.63) is 42.1 Å². The highest BCUT2D eigenvalue weighted by Crippen LogP contribution is 2.25. The number of nitrogens with zero attached hydrogens (tertiary/aromatic N) is 6. The summed E-state index contributed by atoms with van der Waals surface area (Å²) in [6.45, 7) is 8.41. The Labute approximate surface area is 162 Å². The molecule has 0 amide bonds. The fraction of sp³-hybridized carbons (Fsp3) is 0.571. The van der Waals surface area contributed by atoms with Gasteiger partial charge in [-0.1, -0.05) is 37.3 Å². The van der Waals surface area contributed by atoms with E-state index in [0.29, 0.717) is 6.04 Å². The third-order valence-electron chi connectivity index (χ3n) is 5.84. The summed E-state index contributed by atoms with van der Waals surface area (Å²) in [7, 11) is 0. The largest absolute Gasteiger partial charge is 0.353 e. The molecule has 27 heavy (non-hydrogen) atoms. The van der Waals surface area contributed by atoms with Crippen LogP contribution in [0.3, 0.4) is 0 Å². The van der Waals surface area contributed by atoms with Crippen LogP contribution in [0.2, 0.25) is 0 Å². The number of hydrogen-bond donors (Lipinski definition) is 0. The molecule has 6 nitrogen and oxygen atoms in total. The smallest absolute Gasteiger partial charge is 0.247 e. The van der Waals surface area contributed by atoms with Crippen molar-refractivity contribution in [1.82, 2.24) is 20.1 Å². The molecule has 2 fully saturated rings. The Balaban J connectivity index is 1.38. The van der Waals surface area contributed by atoms with Crippen molar-refractivity contribution in [2.75, 3.05) is 42.5 Å². The van der Waals surface area contributed by atoms with Crippen LogP contribution in [0.15, 0.2) is 36.5 Å². The molecule has 0 spiro atoms. The lowest BCUT2D eigenvalue weighted by atomic mass is 10.0. The molecule has 6 heteroatoms. The third-order valence-corrected chi connectivity index (χ3v) is 5.84. The zero-order valence-electron chi connectivity index (χ0n) is 16.3. The molecule has 0 radical (unpaired) electrons. The van der Waals surface area contributed by atoms with Crippen molar-refractivity contribution < 1.29 is 0 Å². The molecular formula is C21H30N6. The summed E-state index contributed by atoms with van der Waals surface area (Å²) in [5.74, 6) is 1.78. The first-order valence-electron chi connectivity index (χ1n) is 10.3. The summed E-state index contributed by atoms with van der Waals surface area (Å²) in [6.07, 6.45) is 6.74. The molecule has 1 atom stereocenters. The molecule has 0 bridgehead atoms. The summed E-state index contributed by atoms with van der Waals surface area (Å²) in [6, 6.07) is 11.3. The molecule has 0 aliphatic carbocycles. The SMILES string of the molecule is CCC1CCCCN1c1nncc(N2CCN(Cc3ccccc3)CC2)n1. The zero-order chi connectivity index (χ0) is 18.5. The van der Waals surface area contributed by atoms with E-state index in [2.05, 4.69) is 62.2 Å². The minimum atomic E-state index is 0.554. The van der Waals surface area contributed by atoms with Gasteiger partial charge in [-0.05, 0) is 31.2 Å². The van der Waals surface area contributed by atoms with Gasteiger partial charge in [0.1, 0.15) is 0 Å². The Bertz CT molecular complexity index is 714. The predicted octanol–water partition coefficient (Wildman–Crippen LogP) is 2.96. The van der Waals surface area contributed by atoms with E-state index in [9.17, 15) is 0 Å². The van der Waals surface area contributed by atoms with Gasteiger partial charge in [-0.25, -0.2) is 0 Å². The highest BCUT2D eigenvalue weighted by Gasteiger charge is 2.25. The number of hydrogen-bond acceptors (Lipinski definition) is 6. The van der Waals surface area contributed by atoms with Crippen LogP contribution in [-0.4, -0.2) is 58.8 Å². The highest BCUT2D eigenvalue weighted by molar-refractivity contribution is 5.43. The second-order valence-electron chi connectivity index (χ2n) is 7.61. The minimum absolute atomic E-state index is 0.554. The maximum Gasteiger partial charge on any atom is 0.247 e. The van der Waals surface area contributed by atoms with Crippen LogP contribution in [0.1, 0.15) is 38.2 Å². The molecule has 4 rings (SSSR count). The van der Waals surface area contributed by atoms with Gasteiger partial charge in [0, 0.05) is 45.3 Å². The Morgan fingerprint density at radius 2 is 1.81 bits per heavy atom. The van der Waals surface area contributed by atoms with Crippen molar-refractivity contribution in [3.63, 3.8) is 0 Å². The van der Waals surface area contributed by atoms with Crippen LogP contribution in [-0.2, 0) is 6.54 Å². The first kappa shape index (κ1) is 18.2. The number of piperazine rings is 1. The molecule has 1 unspecified atom stereocenters. The van der Waals surface area contributed by atoms with Crippen LogP contribution in [0.4, 0.5) is 11.8 Å². The quantitative estimate of drug-likeness (QED) is 0.811. The van der Waals surface area contributed by atoms with Gasteiger partial charge < -0.3 is 9.80 Å². The van der Waals surface area contributed by atoms with E-state index in [4.69, 9.17) is 4.98 Å². The molecule has 1 aromatic heterocycles. The number of anilines is 2. The standard InChI is InChI=1S/C21H30N6/c1-2-19-10-6-7-11-27(19)21-23-20(16-22-24-21)26-14-12-25(13-15-26)17-18-8-4-3-5-9-18/h3-5,8-9,16,19H,2,6-7,10-15,17H2,1H3. The number of aromatic nitrogens is 3. The van der Waals surface area contributed by atoms with Crippen molar-refractivity contribution in [2.24, 2.45) is 0 Å². The fourth-order valence-corrected chi connectivity index (χ4v) is 4.22. The average molecular weight is 367 g/mol. The lowest BCUT2D eigenvalue weighted by Gasteiger charge is -2.37. The molecule has 2 aromatic rings. The van der Waals surface area contributed by atoms with E-state index in [1.54, 1.807) is 0 Å². The molecule has 2 aliphatic heterocycles.